The molecule has 2 aromatic rings. The molecule has 2 aliphatic rings. The average molecular weight is 532 g/mol. The predicted molar refractivity (Wildman–Crippen MR) is 127 cm³/mol. The number of fused-ring (bicyclic) bond motifs is 1. The molecule has 0 bridgehead atoms. The molecule has 1 saturated heterocycles. The molecule has 4 N–H and O–H groups in total. The molecule has 0 saturated carbocycles. The molecule has 0 spiro atoms. The number of nitrogens with two attached hydrogens (primary N) is 1. The maximum atomic E-state index is 12.9. The summed E-state index contributed by atoms with van der Waals surface area (Å²) in [5.74, 6) is -2.60. The first-order valence-corrected chi connectivity index (χ1v) is 12.3. The summed E-state index contributed by atoms with van der Waals surface area (Å²) < 4.78 is 5.78. The van der Waals surface area contributed by atoms with Gasteiger partial charge < -0.3 is 30.9 Å². The molecule has 0 aromatic carbocycles. The Morgan fingerprint density at radius 3 is 2.81 bits per heavy atom. The molecule has 2 amide bonds. The molecule has 15 heteroatoms. The molecule has 2 atom stereocenters. The molecule has 36 heavy (non-hydrogen) atoms. The van der Waals surface area contributed by atoms with Crippen molar-refractivity contribution in [3.8, 4) is 0 Å². The smallest absolute Gasteiger partial charge is 0.278 e. The van der Waals surface area contributed by atoms with Crippen LogP contribution in [0, 0.1) is 0 Å². The zero-order valence-corrected chi connectivity index (χ0v) is 20.5. The van der Waals surface area contributed by atoms with Crippen molar-refractivity contribution < 1.29 is 34.0 Å². The summed E-state index contributed by atoms with van der Waals surface area (Å²) in [6.45, 7) is 0.395. The number of oxime groups is 1. The first-order valence-electron chi connectivity index (χ1n) is 10.5. The lowest BCUT2D eigenvalue weighted by atomic mass is 10.0. The number of hydrogen-bond acceptors (Lipinski definition) is 12. The number of aliphatic hydroxyl groups is 1. The van der Waals surface area contributed by atoms with Crippen LogP contribution in [0.25, 0.3) is 0 Å². The van der Waals surface area contributed by atoms with Gasteiger partial charge in [0.15, 0.2) is 24.1 Å². The summed E-state index contributed by atoms with van der Waals surface area (Å²) in [5.41, 5.74) is 6.27. The average Bonchev–Trinajstić information content (AvgIpc) is 3.31. The Morgan fingerprint density at radius 1 is 1.44 bits per heavy atom. The zero-order chi connectivity index (χ0) is 25.8. The van der Waals surface area contributed by atoms with Gasteiger partial charge in [0.25, 0.3) is 11.8 Å². The minimum absolute atomic E-state index is 0.0524. The van der Waals surface area contributed by atoms with Gasteiger partial charge in [0, 0.05) is 29.4 Å². The Hall–Kier alpha value is -3.82. The van der Waals surface area contributed by atoms with Gasteiger partial charge in [0.1, 0.15) is 18.5 Å². The van der Waals surface area contributed by atoms with Gasteiger partial charge in [-0.25, -0.2) is 4.57 Å². The number of aromatic nitrogens is 3. The van der Waals surface area contributed by atoms with Gasteiger partial charge in [-0.15, -0.1) is 11.8 Å². The molecule has 2 aliphatic heterocycles. The third-order valence-corrected chi connectivity index (χ3v) is 7.15. The van der Waals surface area contributed by atoms with Gasteiger partial charge in [-0.2, -0.15) is 9.36 Å². The molecule has 188 valence electrons. The van der Waals surface area contributed by atoms with E-state index >= 15 is 0 Å². The van der Waals surface area contributed by atoms with E-state index in [9.17, 15) is 19.5 Å². The van der Waals surface area contributed by atoms with Crippen LogP contribution in [0.3, 0.4) is 0 Å². The number of anilines is 1. The molecule has 1 unspecified atom stereocenters. The van der Waals surface area contributed by atoms with Gasteiger partial charge >= 0.3 is 0 Å². The molecular weight excluding hydrogens is 510 g/mol. The van der Waals surface area contributed by atoms with E-state index in [1.807, 2.05) is 4.57 Å². The van der Waals surface area contributed by atoms with Crippen LogP contribution in [0.1, 0.15) is 11.4 Å². The first kappa shape index (κ1) is 25.3. The highest BCUT2D eigenvalue weighted by Gasteiger charge is 2.53. The summed E-state index contributed by atoms with van der Waals surface area (Å²) in [5, 5.41) is 26.7. The fraction of sp³-hybridized carbons (Fsp3) is 0.286. The Morgan fingerprint density at radius 2 is 2.19 bits per heavy atom. The number of aliphatic carboxylic acids is 1. The normalized spacial score (nSPS) is 19.8. The predicted octanol–water partition coefficient (Wildman–Crippen LogP) is -2.09. The zero-order valence-electron chi connectivity index (χ0n) is 18.9. The van der Waals surface area contributed by atoms with Crippen molar-refractivity contribution in [2.45, 2.75) is 24.6 Å². The van der Waals surface area contributed by atoms with E-state index in [0.29, 0.717) is 12.1 Å². The minimum Gasteiger partial charge on any atom is -0.543 e. The van der Waals surface area contributed by atoms with E-state index in [2.05, 4.69) is 19.8 Å². The molecular formula is C21H21N7O6S2. The van der Waals surface area contributed by atoms with Crippen molar-refractivity contribution in [2.75, 3.05) is 18.6 Å². The highest BCUT2D eigenvalue weighted by molar-refractivity contribution is 8.00. The second-order valence-corrected chi connectivity index (χ2v) is 9.45. The number of carbonyl (C=O) groups is 3. The van der Waals surface area contributed by atoms with E-state index in [4.69, 9.17) is 15.7 Å². The van der Waals surface area contributed by atoms with Crippen LogP contribution in [0.5, 0.6) is 0 Å². The number of carbonyl (C=O) groups excluding carboxylic acids is 3. The minimum atomic E-state index is -1.48. The van der Waals surface area contributed by atoms with Gasteiger partial charge in [-0.05, 0) is 17.2 Å². The van der Waals surface area contributed by atoms with E-state index in [1.54, 1.807) is 36.7 Å². The summed E-state index contributed by atoms with van der Waals surface area (Å²) in [6.07, 6.45) is 6.99. The number of rotatable bonds is 9. The number of thioether (sulfide) groups is 1. The van der Waals surface area contributed by atoms with Crippen molar-refractivity contribution in [1.29, 1.82) is 0 Å². The van der Waals surface area contributed by atoms with Crippen LogP contribution in [0.4, 0.5) is 5.13 Å². The third kappa shape index (κ3) is 5.07. The summed E-state index contributed by atoms with van der Waals surface area (Å²) in [6, 6.07) is 2.56. The maximum absolute atomic E-state index is 12.9. The van der Waals surface area contributed by atoms with Gasteiger partial charge in [0.05, 0.1) is 18.3 Å². The number of hydrogen-bond donors (Lipinski definition) is 3. The SMILES string of the molecule is CON=C(C(=O)NC1C(=O)N2C(C(=O)[O-])=C(C=CC[n+]3ccc(CO)cc3)CS[C@@H]12)c1nsc(N)n1. The number of β-lactam (4-membered cyclic amide) rings is 1. The van der Waals surface area contributed by atoms with Gasteiger partial charge in [0.2, 0.25) is 11.5 Å². The molecule has 1 fully saturated rings. The Bertz CT molecular complexity index is 1270. The Kier molecular flexibility index (Phi) is 7.61. The largest absolute Gasteiger partial charge is 0.543 e. The van der Waals surface area contributed by atoms with E-state index in [1.165, 1.54) is 18.9 Å². The Labute approximate surface area is 213 Å². The highest BCUT2D eigenvalue weighted by atomic mass is 32.2. The van der Waals surface area contributed by atoms with E-state index in [-0.39, 0.29) is 34.7 Å². The topological polar surface area (TPSA) is 187 Å². The lowest BCUT2D eigenvalue weighted by Gasteiger charge is -2.50. The second kappa shape index (κ2) is 10.8. The molecule has 13 nitrogen and oxygen atoms in total. The lowest BCUT2D eigenvalue weighted by Crippen LogP contribution is -2.71. The summed E-state index contributed by atoms with van der Waals surface area (Å²) >= 11 is 2.18. The van der Waals surface area contributed by atoms with Crippen molar-refractivity contribution >= 4 is 51.9 Å². The fourth-order valence-electron chi connectivity index (χ4n) is 3.61. The highest BCUT2D eigenvalue weighted by Crippen LogP contribution is 2.40. The summed E-state index contributed by atoms with van der Waals surface area (Å²) in [7, 11) is 1.24. The van der Waals surface area contributed by atoms with Gasteiger partial charge in [-0.3, -0.25) is 14.5 Å². The van der Waals surface area contributed by atoms with E-state index in [0.717, 1.165) is 22.0 Å². The third-order valence-electron chi connectivity index (χ3n) is 5.31. The number of carboxylic acids is 1. The van der Waals surface area contributed by atoms with Crippen LogP contribution in [-0.2, 0) is 32.4 Å². The lowest BCUT2D eigenvalue weighted by molar-refractivity contribution is -0.687. The quantitative estimate of drug-likeness (QED) is 0.140. The monoisotopic (exact) mass is 531 g/mol. The number of nitrogens with one attached hydrogen (secondary N) is 1. The number of aliphatic hydroxyl groups excluding tert-OH is 1. The van der Waals surface area contributed by atoms with Gasteiger partial charge in [-0.1, -0.05) is 11.2 Å². The van der Waals surface area contributed by atoms with Crippen LogP contribution >= 0.6 is 23.3 Å². The van der Waals surface area contributed by atoms with Crippen LogP contribution < -0.4 is 20.7 Å². The Balaban J connectivity index is 1.47. The number of nitrogens with zero attached hydrogens (tertiary/aromatic N) is 5. The van der Waals surface area contributed by atoms with E-state index < -0.39 is 29.2 Å². The maximum Gasteiger partial charge on any atom is 0.278 e. The van der Waals surface area contributed by atoms with Crippen LogP contribution in [0.15, 0.2) is 53.1 Å². The molecule has 4 rings (SSSR count). The number of nitrogen functional groups attached to an aromatic ring is 1. The number of pyridine rings is 1. The van der Waals surface area contributed by atoms with Crippen LogP contribution in [-0.4, -0.2) is 67.1 Å². The first-order chi connectivity index (χ1) is 17.3. The molecule has 0 radical (unpaired) electrons. The van der Waals surface area contributed by atoms with Crippen molar-refractivity contribution in [1.82, 2.24) is 19.6 Å². The number of allylic oxidation sites excluding steroid dienone is 2. The van der Waals surface area contributed by atoms with Crippen molar-refractivity contribution in [2.24, 2.45) is 5.16 Å². The number of amides is 2. The molecule has 0 aliphatic carbocycles. The van der Waals surface area contributed by atoms with Crippen LogP contribution in [0.2, 0.25) is 0 Å². The molecule has 4 heterocycles. The van der Waals surface area contributed by atoms with Crippen molar-refractivity contribution in [3.05, 3.63) is 59.3 Å². The molecule has 2 aromatic heterocycles. The second-order valence-electron chi connectivity index (χ2n) is 7.56. The van der Waals surface area contributed by atoms with Crippen molar-refractivity contribution in [3.63, 3.8) is 0 Å². The standard InChI is InChI=1S/C21H21N7O6S2/c1-34-25-13(16-24-21(22)36-26-16)17(30)23-14-18(31)28-15(20(32)33)12(10-35-19(14)28)3-2-6-27-7-4-11(9-29)5-8-27/h2-5,7-8,14,19,29H,6,9-10H2,1H3,(H3-,22,23,24,26,30,32,33)/t14?,19-/m0/s1. The number of carboxylic acid groups (broad SMARTS) is 1. The fourth-order valence-corrected chi connectivity index (χ4v) is 5.36. The summed E-state index contributed by atoms with van der Waals surface area (Å²) in [4.78, 5) is 47.3.